The molecule has 1 aliphatic heterocycles. The normalized spacial score (nSPS) is 27.2. The second-order valence-electron chi connectivity index (χ2n) is 6.71. The summed E-state index contributed by atoms with van der Waals surface area (Å²) in [4.78, 5) is 14.8. The number of hydrogen-bond donors (Lipinski definition) is 1. The van der Waals surface area contributed by atoms with Crippen LogP contribution in [0.2, 0.25) is 0 Å². The lowest BCUT2D eigenvalue weighted by molar-refractivity contribution is -0.132. The van der Waals surface area contributed by atoms with Crippen LogP contribution in [0.4, 0.5) is 0 Å². The van der Waals surface area contributed by atoms with Crippen molar-refractivity contribution in [2.75, 3.05) is 0 Å². The van der Waals surface area contributed by atoms with Crippen molar-refractivity contribution < 1.29 is 4.79 Å². The van der Waals surface area contributed by atoms with Crippen molar-refractivity contribution in [3.63, 3.8) is 0 Å². The first kappa shape index (κ1) is 14.6. The van der Waals surface area contributed by atoms with Gasteiger partial charge in [-0.15, -0.1) is 0 Å². The van der Waals surface area contributed by atoms with Crippen LogP contribution in [0.15, 0.2) is 24.3 Å². The zero-order valence-electron chi connectivity index (χ0n) is 13.3. The molecule has 114 valence electrons. The fraction of sp³-hybridized carbons (Fsp3) is 0.611. The smallest absolute Gasteiger partial charge is 0.241 e. The summed E-state index contributed by atoms with van der Waals surface area (Å²) < 4.78 is 0. The summed E-state index contributed by atoms with van der Waals surface area (Å²) in [6, 6.07) is 8.84. The molecule has 0 radical (unpaired) electrons. The molecule has 3 heteroatoms. The molecule has 2 fully saturated rings. The van der Waals surface area contributed by atoms with Crippen LogP contribution < -0.4 is 5.32 Å². The van der Waals surface area contributed by atoms with E-state index in [-0.39, 0.29) is 18.1 Å². The minimum atomic E-state index is -0.0297. The van der Waals surface area contributed by atoms with Gasteiger partial charge in [-0.2, -0.15) is 0 Å². The average molecular weight is 286 g/mol. The molecule has 0 bridgehead atoms. The molecule has 3 unspecified atom stereocenters. The first-order valence-electron chi connectivity index (χ1n) is 8.25. The van der Waals surface area contributed by atoms with Crippen LogP contribution in [-0.4, -0.2) is 22.9 Å². The van der Waals surface area contributed by atoms with E-state index in [2.05, 4.69) is 55.3 Å². The second kappa shape index (κ2) is 5.80. The Bertz CT molecular complexity index is 506. The predicted molar refractivity (Wildman–Crippen MR) is 84.8 cm³/mol. The van der Waals surface area contributed by atoms with Gasteiger partial charge in [-0.05, 0) is 38.2 Å². The van der Waals surface area contributed by atoms with Gasteiger partial charge < -0.3 is 4.90 Å². The van der Waals surface area contributed by atoms with Gasteiger partial charge >= 0.3 is 0 Å². The van der Waals surface area contributed by atoms with Gasteiger partial charge in [0.1, 0.15) is 6.17 Å². The highest BCUT2D eigenvalue weighted by Gasteiger charge is 2.42. The third-order valence-electron chi connectivity index (χ3n) is 4.84. The summed E-state index contributed by atoms with van der Waals surface area (Å²) in [5.41, 5.74) is 2.46. The van der Waals surface area contributed by atoms with Gasteiger partial charge in [0.05, 0.1) is 6.04 Å². The van der Waals surface area contributed by atoms with Crippen LogP contribution in [-0.2, 0) is 4.79 Å². The van der Waals surface area contributed by atoms with Crippen LogP contribution in [0.1, 0.15) is 56.8 Å². The second-order valence-corrected chi connectivity index (χ2v) is 6.71. The molecule has 1 aromatic carbocycles. The number of carbonyl (C=O) groups is 1. The van der Waals surface area contributed by atoms with Crippen LogP contribution >= 0.6 is 0 Å². The van der Waals surface area contributed by atoms with Crippen molar-refractivity contribution in [2.24, 2.45) is 5.92 Å². The highest BCUT2D eigenvalue weighted by atomic mass is 16.2. The van der Waals surface area contributed by atoms with E-state index in [1.165, 1.54) is 24.0 Å². The fourth-order valence-corrected chi connectivity index (χ4v) is 3.37. The average Bonchev–Trinajstić information content (AvgIpc) is 3.21. The zero-order chi connectivity index (χ0) is 15.0. The number of carbonyl (C=O) groups excluding carboxylic acids is 1. The molecule has 0 aromatic heterocycles. The number of aryl methyl sites for hydroxylation is 1. The molecular formula is C18H26N2O. The van der Waals surface area contributed by atoms with Crippen LogP contribution in [0.5, 0.6) is 0 Å². The van der Waals surface area contributed by atoms with Gasteiger partial charge in [0.2, 0.25) is 5.91 Å². The van der Waals surface area contributed by atoms with Crippen molar-refractivity contribution in [3.8, 4) is 0 Å². The van der Waals surface area contributed by atoms with Crippen LogP contribution in [0.3, 0.4) is 0 Å². The lowest BCUT2D eigenvalue weighted by Gasteiger charge is -2.31. The monoisotopic (exact) mass is 286 g/mol. The van der Waals surface area contributed by atoms with Gasteiger partial charge in [0.15, 0.2) is 0 Å². The number of nitrogens with one attached hydrogen (secondary N) is 1. The van der Waals surface area contributed by atoms with Crippen LogP contribution in [0.25, 0.3) is 0 Å². The van der Waals surface area contributed by atoms with E-state index < -0.39 is 0 Å². The largest absolute Gasteiger partial charge is 0.319 e. The summed E-state index contributed by atoms with van der Waals surface area (Å²) in [6.07, 6.45) is 4.72. The summed E-state index contributed by atoms with van der Waals surface area (Å²) in [7, 11) is 0. The maximum absolute atomic E-state index is 12.7. The standard InChI is InChI=1S/C18H26N2O/c1-4-16-18(21)20(13(3)11-14-7-8-14)17(19-16)15-9-5-12(2)6-10-15/h5-6,9-10,13-14,16-17,19H,4,7-8,11H2,1-3H3. The third-order valence-corrected chi connectivity index (χ3v) is 4.84. The molecule has 21 heavy (non-hydrogen) atoms. The van der Waals surface area contributed by atoms with E-state index in [9.17, 15) is 4.79 Å². The molecule has 3 atom stereocenters. The number of hydrogen-bond acceptors (Lipinski definition) is 2. The number of benzene rings is 1. The van der Waals surface area contributed by atoms with Gasteiger partial charge in [-0.25, -0.2) is 0 Å². The lowest BCUT2D eigenvalue weighted by atomic mass is 10.1. The molecule has 3 nitrogen and oxygen atoms in total. The Balaban J connectivity index is 1.84. The van der Waals surface area contributed by atoms with Crippen molar-refractivity contribution in [1.29, 1.82) is 0 Å². The Kier molecular flexibility index (Phi) is 4.03. The highest BCUT2D eigenvalue weighted by Crippen LogP contribution is 2.37. The van der Waals surface area contributed by atoms with Gasteiger partial charge in [0, 0.05) is 6.04 Å². The minimum Gasteiger partial charge on any atom is -0.319 e. The third kappa shape index (κ3) is 2.98. The first-order valence-corrected chi connectivity index (χ1v) is 8.25. The van der Waals surface area contributed by atoms with Crippen molar-refractivity contribution in [2.45, 2.75) is 64.7 Å². The van der Waals surface area contributed by atoms with Crippen molar-refractivity contribution in [3.05, 3.63) is 35.4 Å². The molecule has 3 rings (SSSR count). The molecule has 1 aromatic rings. The molecule has 1 saturated heterocycles. The van der Waals surface area contributed by atoms with Crippen molar-refractivity contribution in [1.82, 2.24) is 10.2 Å². The van der Waals surface area contributed by atoms with E-state index in [0.717, 1.165) is 18.8 Å². The van der Waals surface area contributed by atoms with Gasteiger partial charge in [-0.3, -0.25) is 10.1 Å². The maximum Gasteiger partial charge on any atom is 0.241 e. The van der Waals surface area contributed by atoms with Gasteiger partial charge in [0.25, 0.3) is 0 Å². The van der Waals surface area contributed by atoms with E-state index in [1.807, 2.05) is 0 Å². The number of rotatable bonds is 5. The highest BCUT2D eigenvalue weighted by molar-refractivity contribution is 5.84. The van der Waals surface area contributed by atoms with Crippen molar-refractivity contribution >= 4 is 5.91 Å². The van der Waals surface area contributed by atoms with E-state index in [4.69, 9.17) is 0 Å². The Morgan fingerprint density at radius 3 is 2.52 bits per heavy atom. The molecule has 1 amide bonds. The Morgan fingerprint density at radius 2 is 1.95 bits per heavy atom. The minimum absolute atomic E-state index is 0.0297. The quantitative estimate of drug-likeness (QED) is 0.900. The Labute approximate surface area is 127 Å². The van der Waals surface area contributed by atoms with E-state index >= 15 is 0 Å². The molecule has 1 heterocycles. The Hall–Kier alpha value is -1.35. The molecule has 1 saturated carbocycles. The molecular weight excluding hydrogens is 260 g/mol. The molecule has 1 aliphatic carbocycles. The summed E-state index contributed by atoms with van der Waals surface area (Å²) in [6.45, 7) is 6.38. The first-order chi connectivity index (χ1) is 10.1. The number of amides is 1. The SMILES string of the molecule is CCC1NC(c2ccc(C)cc2)N(C(C)CC2CC2)C1=O. The van der Waals surface area contributed by atoms with Crippen LogP contribution in [0, 0.1) is 12.8 Å². The van der Waals surface area contributed by atoms with Gasteiger partial charge in [-0.1, -0.05) is 49.6 Å². The predicted octanol–water partition coefficient (Wildman–Crippen LogP) is 3.39. The number of nitrogens with zero attached hydrogens (tertiary/aromatic N) is 1. The fourth-order valence-electron chi connectivity index (χ4n) is 3.37. The Morgan fingerprint density at radius 1 is 1.29 bits per heavy atom. The zero-order valence-corrected chi connectivity index (χ0v) is 13.3. The molecule has 0 spiro atoms. The van der Waals surface area contributed by atoms with E-state index in [1.54, 1.807) is 0 Å². The van der Waals surface area contributed by atoms with E-state index in [0.29, 0.717) is 6.04 Å². The maximum atomic E-state index is 12.7. The molecule has 1 N–H and O–H groups in total. The lowest BCUT2D eigenvalue weighted by Crippen LogP contribution is -2.38. The molecule has 2 aliphatic rings. The summed E-state index contributed by atoms with van der Waals surface area (Å²) in [5, 5.41) is 3.53. The topological polar surface area (TPSA) is 32.3 Å². The summed E-state index contributed by atoms with van der Waals surface area (Å²) >= 11 is 0. The summed E-state index contributed by atoms with van der Waals surface area (Å²) in [5.74, 6) is 1.11.